The summed E-state index contributed by atoms with van der Waals surface area (Å²) >= 11 is 1.26. The minimum atomic E-state index is -0.210. The summed E-state index contributed by atoms with van der Waals surface area (Å²) in [6, 6.07) is 9.96. The van der Waals surface area contributed by atoms with Gasteiger partial charge in [-0.3, -0.25) is 9.59 Å². The molecule has 1 saturated heterocycles. The van der Waals surface area contributed by atoms with E-state index in [2.05, 4.69) is 45.0 Å². The Balaban J connectivity index is 1.32. The van der Waals surface area contributed by atoms with Crippen LogP contribution in [0.1, 0.15) is 24.2 Å². The lowest BCUT2D eigenvalue weighted by Gasteiger charge is -2.17. The van der Waals surface area contributed by atoms with Gasteiger partial charge in [0.15, 0.2) is 5.82 Å². The number of rotatable bonds is 8. The second-order valence-electron chi connectivity index (χ2n) is 6.50. The molecule has 0 spiro atoms. The first-order valence-electron chi connectivity index (χ1n) is 9.01. The topological polar surface area (TPSA) is 87.5 Å². The van der Waals surface area contributed by atoms with Gasteiger partial charge >= 0.3 is 0 Å². The van der Waals surface area contributed by atoms with Gasteiger partial charge < -0.3 is 20.1 Å². The van der Waals surface area contributed by atoms with E-state index in [0.29, 0.717) is 18.1 Å². The highest BCUT2D eigenvalue weighted by atomic mass is 32.2. The van der Waals surface area contributed by atoms with Gasteiger partial charge in [0, 0.05) is 31.4 Å². The fourth-order valence-electron chi connectivity index (χ4n) is 2.89. The summed E-state index contributed by atoms with van der Waals surface area (Å²) in [6.07, 6.45) is 2.51. The van der Waals surface area contributed by atoms with Crippen molar-refractivity contribution < 1.29 is 14.1 Å². The van der Waals surface area contributed by atoms with Crippen LogP contribution in [0, 0.1) is 6.92 Å². The number of amides is 2. The van der Waals surface area contributed by atoms with E-state index >= 15 is 0 Å². The summed E-state index contributed by atoms with van der Waals surface area (Å²) in [4.78, 5) is 26.1. The minimum absolute atomic E-state index is 0.0892. The molecule has 3 rings (SSSR count). The van der Waals surface area contributed by atoms with Crippen LogP contribution < -0.4 is 15.5 Å². The lowest BCUT2D eigenvalue weighted by molar-refractivity contribution is -0.118. The number of hydrogen-bond donors (Lipinski definition) is 2. The largest absolute Gasteiger partial charge is 0.372 e. The average Bonchev–Trinajstić information content (AvgIpc) is 3.32. The SMILES string of the molecule is Cc1cc(NC(=O)CSCC(=O)NCc2ccc(N3CCCC3)cc2)no1. The van der Waals surface area contributed by atoms with Crippen molar-refractivity contribution in [1.82, 2.24) is 10.5 Å². The molecule has 0 unspecified atom stereocenters. The van der Waals surface area contributed by atoms with Gasteiger partial charge in [-0.15, -0.1) is 11.8 Å². The van der Waals surface area contributed by atoms with E-state index in [1.54, 1.807) is 13.0 Å². The third-order valence-electron chi connectivity index (χ3n) is 4.26. The molecule has 0 bridgehead atoms. The molecule has 144 valence electrons. The van der Waals surface area contributed by atoms with Crippen molar-refractivity contribution in [2.24, 2.45) is 0 Å². The number of nitrogens with one attached hydrogen (secondary N) is 2. The van der Waals surface area contributed by atoms with E-state index in [4.69, 9.17) is 4.52 Å². The van der Waals surface area contributed by atoms with Crippen LogP contribution in [-0.4, -0.2) is 41.6 Å². The van der Waals surface area contributed by atoms with Crippen LogP contribution in [0.25, 0.3) is 0 Å². The molecular weight excluding hydrogens is 364 g/mol. The molecule has 2 aromatic rings. The van der Waals surface area contributed by atoms with Gasteiger partial charge in [-0.1, -0.05) is 17.3 Å². The quantitative estimate of drug-likeness (QED) is 0.723. The highest BCUT2D eigenvalue weighted by molar-refractivity contribution is 8.00. The van der Waals surface area contributed by atoms with Gasteiger partial charge in [0.1, 0.15) is 5.76 Å². The molecule has 2 N–H and O–H groups in total. The fraction of sp³-hybridized carbons (Fsp3) is 0.421. The Bertz CT molecular complexity index is 770. The summed E-state index contributed by atoms with van der Waals surface area (Å²) in [7, 11) is 0. The zero-order chi connectivity index (χ0) is 19.1. The summed E-state index contributed by atoms with van der Waals surface area (Å²) in [5.41, 5.74) is 2.31. The van der Waals surface area contributed by atoms with Gasteiger partial charge in [-0.25, -0.2) is 0 Å². The van der Waals surface area contributed by atoms with Crippen LogP contribution in [-0.2, 0) is 16.1 Å². The molecule has 27 heavy (non-hydrogen) atoms. The van der Waals surface area contributed by atoms with Crippen LogP contribution in [0.2, 0.25) is 0 Å². The number of hydrogen-bond acceptors (Lipinski definition) is 6. The van der Waals surface area contributed by atoms with Crippen molar-refractivity contribution in [2.45, 2.75) is 26.3 Å². The van der Waals surface area contributed by atoms with E-state index in [9.17, 15) is 9.59 Å². The predicted octanol–water partition coefficient (Wildman–Crippen LogP) is 2.57. The third-order valence-corrected chi connectivity index (χ3v) is 5.19. The van der Waals surface area contributed by atoms with Crippen LogP contribution in [0.5, 0.6) is 0 Å². The average molecular weight is 388 g/mol. The Kier molecular flexibility index (Phi) is 6.75. The molecule has 0 radical (unpaired) electrons. The number of aryl methyl sites for hydroxylation is 1. The monoisotopic (exact) mass is 388 g/mol. The van der Waals surface area contributed by atoms with Gasteiger partial charge in [0.05, 0.1) is 11.5 Å². The van der Waals surface area contributed by atoms with E-state index in [0.717, 1.165) is 18.7 Å². The molecule has 1 aromatic heterocycles. The molecule has 1 aliphatic heterocycles. The van der Waals surface area contributed by atoms with E-state index < -0.39 is 0 Å². The van der Waals surface area contributed by atoms with Crippen LogP contribution in [0.3, 0.4) is 0 Å². The summed E-state index contributed by atoms with van der Waals surface area (Å²) in [6.45, 7) is 4.49. The molecule has 0 atom stereocenters. The Hall–Kier alpha value is -2.48. The number of carbonyl (C=O) groups is 2. The molecule has 1 aliphatic rings. The molecule has 1 aromatic carbocycles. The van der Waals surface area contributed by atoms with Gasteiger partial charge in [-0.2, -0.15) is 0 Å². The molecule has 2 amide bonds. The Labute approximate surface area is 162 Å². The van der Waals surface area contributed by atoms with Crippen molar-refractivity contribution in [1.29, 1.82) is 0 Å². The first-order chi connectivity index (χ1) is 13.1. The maximum atomic E-state index is 11.9. The number of aromatic nitrogens is 1. The smallest absolute Gasteiger partial charge is 0.235 e. The van der Waals surface area contributed by atoms with Crippen molar-refractivity contribution in [3.63, 3.8) is 0 Å². The molecule has 7 nitrogen and oxygen atoms in total. The second-order valence-corrected chi connectivity index (χ2v) is 7.49. The summed E-state index contributed by atoms with van der Waals surface area (Å²) in [5.74, 6) is 1.14. The van der Waals surface area contributed by atoms with E-state index in [1.165, 1.54) is 30.3 Å². The zero-order valence-corrected chi connectivity index (χ0v) is 16.2. The maximum Gasteiger partial charge on any atom is 0.235 e. The molecule has 1 fully saturated rings. The van der Waals surface area contributed by atoms with Crippen molar-refractivity contribution in [3.05, 3.63) is 41.7 Å². The van der Waals surface area contributed by atoms with Gasteiger partial charge in [-0.05, 0) is 37.5 Å². The normalized spacial score (nSPS) is 13.6. The number of benzene rings is 1. The van der Waals surface area contributed by atoms with Crippen LogP contribution >= 0.6 is 11.8 Å². The van der Waals surface area contributed by atoms with Crippen LogP contribution in [0.4, 0.5) is 11.5 Å². The van der Waals surface area contributed by atoms with Gasteiger partial charge in [0.25, 0.3) is 0 Å². The highest BCUT2D eigenvalue weighted by Gasteiger charge is 2.12. The van der Waals surface area contributed by atoms with Crippen LogP contribution in [0.15, 0.2) is 34.9 Å². The standard InChI is InChI=1S/C19H24N4O3S/c1-14-10-17(22-26-14)21-19(25)13-27-12-18(24)20-11-15-4-6-16(7-5-15)23-8-2-3-9-23/h4-7,10H,2-3,8-9,11-13H2,1H3,(H,20,24)(H,21,22,25). The lowest BCUT2D eigenvalue weighted by atomic mass is 10.2. The fourth-order valence-corrected chi connectivity index (χ4v) is 3.54. The number of nitrogens with zero attached hydrogens (tertiary/aromatic N) is 2. The van der Waals surface area contributed by atoms with E-state index in [-0.39, 0.29) is 23.3 Å². The minimum Gasteiger partial charge on any atom is -0.372 e. The van der Waals surface area contributed by atoms with Gasteiger partial charge in [0.2, 0.25) is 11.8 Å². The molecule has 2 heterocycles. The second kappa shape index (κ2) is 9.45. The number of anilines is 2. The Morgan fingerprint density at radius 3 is 2.52 bits per heavy atom. The number of thioether (sulfide) groups is 1. The first kappa shape index (κ1) is 19.3. The third kappa shape index (κ3) is 6.02. The van der Waals surface area contributed by atoms with Crippen molar-refractivity contribution >= 4 is 35.1 Å². The Morgan fingerprint density at radius 2 is 1.85 bits per heavy atom. The molecule has 0 aliphatic carbocycles. The summed E-state index contributed by atoms with van der Waals surface area (Å²) in [5, 5.41) is 9.20. The lowest BCUT2D eigenvalue weighted by Crippen LogP contribution is -2.25. The maximum absolute atomic E-state index is 11.9. The Morgan fingerprint density at radius 1 is 1.15 bits per heavy atom. The summed E-state index contributed by atoms with van der Waals surface area (Å²) < 4.78 is 4.88. The first-order valence-corrected chi connectivity index (χ1v) is 10.2. The molecular formula is C19H24N4O3S. The predicted molar refractivity (Wildman–Crippen MR) is 107 cm³/mol. The number of carbonyl (C=O) groups excluding carboxylic acids is 2. The molecule has 0 saturated carbocycles. The van der Waals surface area contributed by atoms with Crippen molar-refractivity contribution in [3.8, 4) is 0 Å². The highest BCUT2D eigenvalue weighted by Crippen LogP contribution is 2.20. The van der Waals surface area contributed by atoms with E-state index in [1.807, 2.05) is 0 Å². The zero-order valence-electron chi connectivity index (χ0n) is 15.4. The molecule has 8 heteroatoms. The van der Waals surface area contributed by atoms with Crippen molar-refractivity contribution in [2.75, 3.05) is 34.8 Å².